The average Bonchev–Trinajstić information content (AvgIpc) is 2.65. The number of nitrogens with zero attached hydrogens (tertiary/aromatic N) is 1. The van der Waals surface area contributed by atoms with Crippen LogP contribution >= 0.6 is 15.9 Å². The molecule has 0 aromatic heterocycles. The lowest BCUT2D eigenvalue weighted by Crippen LogP contribution is -2.18. The van der Waals surface area contributed by atoms with Crippen LogP contribution in [0, 0.1) is 0 Å². The number of halogens is 1. The van der Waals surface area contributed by atoms with Crippen molar-refractivity contribution in [1.82, 2.24) is 5.43 Å². The van der Waals surface area contributed by atoms with Crippen molar-refractivity contribution in [3.8, 4) is 17.2 Å². The smallest absolute Gasteiger partial charge is 0.275 e. The lowest BCUT2D eigenvalue weighted by Gasteiger charge is -2.11. The Kier molecular flexibility index (Phi) is 7.43. The van der Waals surface area contributed by atoms with Gasteiger partial charge in [-0.2, -0.15) is 5.10 Å². The maximum atomic E-state index is 12.4. The molecule has 0 saturated carbocycles. The van der Waals surface area contributed by atoms with Crippen LogP contribution in [0.1, 0.15) is 28.4 Å². The van der Waals surface area contributed by atoms with Gasteiger partial charge >= 0.3 is 0 Å². The van der Waals surface area contributed by atoms with Crippen LogP contribution in [0.2, 0.25) is 0 Å². The Labute approximate surface area is 166 Å². The van der Waals surface area contributed by atoms with Crippen molar-refractivity contribution in [2.75, 3.05) is 13.7 Å². The highest BCUT2D eigenvalue weighted by Crippen LogP contribution is 2.32. The highest BCUT2D eigenvalue weighted by Gasteiger charge is 2.13. The van der Waals surface area contributed by atoms with E-state index in [1.54, 1.807) is 36.4 Å². The molecule has 2 aromatic carbocycles. The van der Waals surface area contributed by atoms with Crippen molar-refractivity contribution in [1.29, 1.82) is 0 Å². The summed E-state index contributed by atoms with van der Waals surface area (Å²) < 4.78 is 11.4. The van der Waals surface area contributed by atoms with E-state index >= 15 is 0 Å². The van der Waals surface area contributed by atoms with Crippen molar-refractivity contribution in [2.24, 2.45) is 5.10 Å². The van der Waals surface area contributed by atoms with Crippen LogP contribution in [0.3, 0.4) is 0 Å². The number of hydrogen-bond acceptors (Lipinski definition) is 5. The standard InChI is InChI=1S/C20H21BrN2O4/c1-4-6-14-9-13(10-18(19(14)24)27-5-2)12-22-23-20(25)16-11-15(21)7-8-17(16)26-3/h4,7-12,24H,1,5-6H2,2-3H3,(H,23,25)/b22-12-. The molecule has 6 nitrogen and oxygen atoms in total. The molecule has 7 heteroatoms. The number of allylic oxidation sites excluding steroid dienone is 1. The first-order valence-corrected chi connectivity index (χ1v) is 9.06. The predicted octanol–water partition coefficient (Wildman–Crippen LogP) is 4.05. The van der Waals surface area contributed by atoms with Gasteiger partial charge in [0.25, 0.3) is 5.91 Å². The minimum Gasteiger partial charge on any atom is -0.504 e. The molecule has 0 saturated heterocycles. The molecule has 2 rings (SSSR count). The number of phenolic OH excluding ortho intramolecular Hbond substituents is 1. The molecule has 2 aromatic rings. The number of amides is 1. The second-order valence-corrected chi connectivity index (χ2v) is 6.41. The number of hydrogen-bond donors (Lipinski definition) is 2. The lowest BCUT2D eigenvalue weighted by molar-refractivity contribution is 0.0952. The Morgan fingerprint density at radius 3 is 2.78 bits per heavy atom. The number of carbonyl (C=O) groups excluding carboxylic acids is 1. The molecule has 0 aliphatic carbocycles. The van der Waals surface area contributed by atoms with Crippen LogP contribution in [0.15, 0.2) is 52.6 Å². The van der Waals surface area contributed by atoms with E-state index in [0.717, 1.165) is 4.47 Å². The Morgan fingerprint density at radius 2 is 2.11 bits per heavy atom. The highest BCUT2D eigenvalue weighted by atomic mass is 79.9. The number of rotatable bonds is 8. The molecule has 27 heavy (non-hydrogen) atoms. The summed E-state index contributed by atoms with van der Waals surface area (Å²) in [6.07, 6.45) is 3.65. The second kappa shape index (κ2) is 9.78. The molecule has 0 bridgehead atoms. The van der Waals surface area contributed by atoms with Gasteiger partial charge in [0, 0.05) is 10.0 Å². The fraction of sp³-hybridized carbons (Fsp3) is 0.200. The summed E-state index contributed by atoms with van der Waals surface area (Å²) in [6.45, 7) is 5.94. The number of hydrazone groups is 1. The van der Waals surface area contributed by atoms with Gasteiger partial charge in [0.05, 0.1) is 25.5 Å². The Bertz CT molecular complexity index is 865. The minimum atomic E-state index is -0.403. The number of carbonyl (C=O) groups is 1. The summed E-state index contributed by atoms with van der Waals surface area (Å²) in [6, 6.07) is 8.54. The van der Waals surface area contributed by atoms with Crippen LogP contribution in [0.25, 0.3) is 0 Å². The fourth-order valence-electron chi connectivity index (χ4n) is 2.42. The van der Waals surface area contributed by atoms with Crippen LogP contribution in [0.5, 0.6) is 17.2 Å². The largest absolute Gasteiger partial charge is 0.504 e. The van der Waals surface area contributed by atoms with Crippen molar-refractivity contribution in [3.05, 3.63) is 64.1 Å². The summed E-state index contributed by atoms with van der Waals surface area (Å²) in [5.41, 5.74) is 4.17. The molecule has 0 aliphatic heterocycles. The average molecular weight is 433 g/mol. The van der Waals surface area contributed by atoms with Gasteiger partial charge in [-0.15, -0.1) is 6.58 Å². The molecule has 0 fully saturated rings. The summed E-state index contributed by atoms with van der Waals surface area (Å²) in [7, 11) is 1.50. The van der Waals surface area contributed by atoms with Gasteiger partial charge < -0.3 is 14.6 Å². The quantitative estimate of drug-likeness (QED) is 0.374. The van der Waals surface area contributed by atoms with E-state index < -0.39 is 5.91 Å². The summed E-state index contributed by atoms with van der Waals surface area (Å²) in [5, 5.41) is 14.2. The van der Waals surface area contributed by atoms with E-state index in [1.807, 2.05) is 6.92 Å². The van der Waals surface area contributed by atoms with Crippen LogP contribution in [-0.4, -0.2) is 30.9 Å². The van der Waals surface area contributed by atoms with Gasteiger partial charge in [-0.05, 0) is 49.2 Å². The highest BCUT2D eigenvalue weighted by molar-refractivity contribution is 9.10. The molecule has 0 heterocycles. The zero-order chi connectivity index (χ0) is 19.8. The predicted molar refractivity (Wildman–Crippen MR) is 109 cm³/mol. The molecule has 0 unspecified atom stereocenters. The summed E-state index contributed by atoms with van der Waals surface area (Å²) in [4.78, 5) is 12.4. The van der Waals surface area contributed by atoms with Gasteiger partial charge in [-0.25, -0.2) is 5.43 Å². The van der Waals surface area contributed by atoms with Crippen molar-refractivity contribution >= 4 is 28.1 Å². The van der Waals surface area contributed by atoms with Gasteiger partial charge in [0.15, 0.2) is 11.5 Å². The second-order valence-electron chi connectivity index (χ2n) is 5.50. The molecule has 142 valence electrons. The van der Waals surface area contributed by atoms with Crippen LogP contribution in [0.4, 0.5) is 0 Å². The Morgan fingerprint density at radius 1 is 1.33 bits per heavy atom. The topological polar surface area (TPSA) is 80.2 Å². The third-order valence-electron chi connectivity index (χ3n) is 3.63. The van der Waals surface area contributed by atoms with Gasteiger partial charge in [0.2, 0.25) is 0 Å². The summed E-state index contributed by atoms with van der Waals surface area (Å²) in [5.74, 6) is 0.483. The van der Waals surface area contributed by atoms with E-state index in [1.165, 1.54) is 13.3 Å². The number of ether oxygens (including phenoxy) is 2. The van der Waals surface area contributed by atoms with E-state index in [0.29, 0.717) is 41.2 Å². The minimum absolute atomic E-state index is 0.0804. The lowest BCUT2D eigenvalue weighted by atomic mass is 10.1. The monoisotopic (exact) mass is 432 g/mol. The van der Waals surface area contributed by atoms with Gasteiger partial charge in [-0.1, -0.05) is 22.0 Å². The molecule has 0 radical (unpaired) electrons. The first kappa shape index (κ1) is 20.5. The fourth-order valence-corrected chi connectivity index (χ4v) is 2.78. The SMILES string of the molecule is C=CCc1cc(/C=N\NC(=O)c2cc(Br)ccc2OC)cc(OCC)c1O. The Balaban J connectivity index is 2.21. The zero-order valence-electron chi connectivity index (χ0n) is 15.2. The number of phenols is 1. The van der Waals surface area contributed by atoms with E-state index in [4.69, 9.17) is 9.47 Å². The first-order chi connectivity index (χ1) is 13.0. The van der Waals surface area contributed by atoms with Crippen molar-refractivity contribution in [3.63, 3.8) is 0 Å². The molecule has 0 aliphatic rings. The van der Waals surface area contributed by atoms with Crippen LogP contribution < -0.4 is 14.9 Å². The number of benzene rings is 2. The van der Waals surface area contributed by atoms with Gasteiger partial charge in [-0.3, -0.25) is 4.79 Å². The third-order valence-corrected chi connectivity index (χ3v) is 4.12. The summed E-state index contributed by atoms with van der Waals surface area (Å²) >= 11 is 3.33. The number of aromatic hydroxyl groups is 1. The number of methoxy groups -OCH3 is 1. The molecular weight excluding hydrogens is 412 g/mol. The van der Waals surface area contributed by atoms with Crippen molar-refractivity contribution < 1.29 is 19.4 Å². The van der Waals surface area contributed by atoms with E-state index in [9.17, 15) is 9.90 Å². The first-order valence-electron chi connectivity index (χ1n) is 8.26. The van der Waals surface area contributed by atoms with E-state index in [2.05, 4.69) is 33.0 Å². The normalized spacial score (nSPS) is 10.6. The maximum Gasteiger partial charge on any atom is 0.275 e. The maximum absolute atomic E-state index is 12.4. The van der Waals surface area contributed by atoms with Crippen molar-refractivity contribution in [2.45, 2.75) is 13.3 Å². The molecule has 0 spiro atoms. The molecule has 2 N–H and O–H groups in total. The molecular formula is C20H21BrN2O4. The van der Waals surface area contributed by atoms with Gasteiger partial charge in [0.1, 0.15) is 5.75 Å². The third kappa shape index (κ3) is 5.34. The number of nitrogens with one attached hydrogen (secondary N) is 1. The molecule has 0 atom stereocenters. The van der Waals surface area contributed by atoms with E-state index in [-0.39, 0.29) is 5.75 Å². The zero-order valence-corrected chi connectivity index (χ0v) is 16.7. The molecule has 1 amide bonds. The Hall–Kier alpha value is -2.80. The van der Waals surface area contributed by atoms with Crippen LogP contribution in [-0.2, 0) is 6.42 Å².